The van der Waals surface area contributed by atoms with Crippen molar-refractivity contribution in [3.63, 3.8) is 0 Å². The Labute approximate surface area is 134 Å². The molecular formula is C18H29N3O. The Morgan fingerprint density at radius 2 is 2.32 bits per heavy atom. The van der Waals surface area contributed by atoms with Crippen LogP contribution in [0.15, 0.2) is 27.8 Å². The highest BCUT2D eigenvalue weighted by Crippen LogP contribution is 2.47. The summed E-state index contributed by atoms with van der Waals surface area (Å²) in [7, 11) is 0. The molecule has 22 heavy (non-hydrogen) atoms. The van der Waals surface area contributed by atoms with E-state index in [1.54, 1.807) is 6.26 Å². The van der Waals surface area contributed by atoms with Gasteiger partial charge in [-0.25, -0.2) is 0 Å². The predicted molar refractivity (Wildman–Crippen MR) is 90.1 cm³/mol. The van der Waals surface area contributed by atoms with Gasteiger partial charge in [-0.1, -0.05) is 13.3 Å². The number of furan rings is 1. The van der Waals surface area contributed by atoms with Gasteiger partial charge in [-0.2, -0.15) is 0 Å². The van der Waals surface area contributed by atoms with Crippen LogP contribution in [0.2, 0.25) is 0 Å². The number of rotatable bonds is 5. The Morgan fingerprint density at radius 3 is 2.91 bits per heavy atom. The fourth-order valence-electron chi connectivity index (χ4n) is 3.49. The molecule has 122 valence electrons. The molecule has 4 nitrogen and oxygen atoms in total. The molecule has 4 heteroatoms. The zero-order valence-corrected chi connectivity index (χ0v) is 14.0. The van der Waals surface area contributed by atoms with Gasteiger partial charge in [0.15, 0.2) is 5.96 Å². The van der Waals surface area contributed by atoms with E-state index >= 15 is 0 Å². The van der Waals surface area contributed by atoms with E-state index in [1.165, 1.54) is 32.2 Å². The molecule has 2 heterocycles. The highest BCUT2D eigenvalue weighted by Gasteiger charge is 2.43. The van der Waals surface area contributed by atoms with Gasteiger partial charge in [-0.3, -0.25) is 4.99 Å². The van der Waals surface area contributed by atoms with Crippen molar-refractivity contribution in [2.75, 3.05) is 19.6 Å². The standard InChI is InChI=1S/C18H29N3O/c1-3-15(2)20-17(19-11-7-16-6-4-13-22-16)21-12-10-18(14-21)8-5-9-18/h4,6,13,15H,3,5,7-12,14H2,1-2H3,(H,19,20). The Kier molecular flexibility index (Phi) is 4.74. The van der Waals surface area contributed by atoms with Crippen molar-refractivity contribution in [1.82, 2.24) is 10.2 Å². The molecule has 1 saturated carbocycles. The lowest BCUT2D eigenvalue weighted by Crippen LogP contribution is -2.45. The molecule has 1 aliphatic carbocycles. The van der Waals surface area contributed by atoms with E-state index in [0.717, 1.165) is 37.7 Å². The molecule has 0 bridgehead atoms. The molecule has 1 aromatic heterocycles. The first-order chi connectivity index (χ1) is 10.7. The van der Waals surface area contributed by atoms with Gasteiger partial charge < -0.3 is 14.6 Å². The molecule has 1 unspecified atom stereocenters. The minimum atomic E-state index is 0.473. The Morgan fingerprint density at radius 1 is 1.45 bits per heavy atom. The number of likely N-dealkylation sites (tertiary alicyclic amines) is 1. The lowest BCUT2D eigenvalue weighted by molar-refractivity contribution is 0.151. The minimum Gasteiger partial charge on any atom is -0.469 e. The fraction of sp³-hybridized carbons (Fsp3) is 0.722. The Bertz CT molecular complexity index is 490. The number of nitrogens with zero attached hydrogens (tertiary/aromatic N) is 2. The van der Waals surface area contributed by atoms with Gasteiger partial charge in [0.05, 0.1) is 6.26 Å². The van der Waals surface area contributed by atoms with Crippen LogP contribution in [0.3, 0.4) is 0 Å². The van der Waals surface area contributed by atoms with Crippen LogP contribution >= 0.6 is 0 Å². The average molecular weight is 303 g/mol. The zero-order valence-electron chi connectivity index (χ0n) is 14.0. The summed E-state index contributed by atoms with van der Waals surface area (Å²) in [6, 6.07) is 4.44. The topological polar surface area (TPSA) is 40.8 Å². The first-order valence-corrected chi connectivity index (χ1v) is 8.79. The molecule has 2 fully saturated rings. The van der Waals surface area contributed by atoms with Crippen molar-refractivity contribution < 1.29 is 4.42 Å². The van der Waals surface area contributed by atoms with Crippen LogP contribution < -0.4 is 5.32 Å². The van der Waals surface area contributed by atoms with Crippen molar-refractivity contribution in [3.8, 4) is 0 Å². The van der Waals surface area contributed by atoms with E-state index in [1.807, 2.05) is 12.1 Å². The van der Waals surface area contributed by atoms with Crippen LogP contribution in [0.1, 0.15) is 51.7 Å². The van der Waals surface area contributed by atoms with Gasteiger partial charge in [0.1, 0.15) is 5.76 Å². The highest BCUT2D eigenvalue weighted by atomic mass is 16.3. The number of nitrogens with one attached hydrogen (secondary N) is 1. The van der Waals surface area contributed by atoms with Gasteiger partial charge in [0.2, 0.25) is 0 Å². The van der Waals surface area contributed by atoms with E-state index in [4.69, 9.17) is 9.41 Å². The second-order valence-electron chi connectivity index (χ2n) is 7.01. The largest absolute Gasteiger partial charge is 0.469 e. The van der Waals surface area contributed by atoms with Crippen molar-refractivity contribution in [1.29, 1.82) is 0 Å². The van der Waals surface area contributed by atoms with Gasteiger partial charge in [-0.15, -0.1) is 0 Å². The van der Waals surface area contributed by atoms with E-state index in [0.29, 0.717) is 11.5 Å². The maximum Gasteiger partial charge on any atom is 0.194 e. The van der Waals surface area contributed by atoms with E-state index in [-0.39, 0.29) is 0 Å². The zero-order chi connectivity index (χ0) is 15.4. The van der Waals surface area contributed by atoms with Crippen LogP contribution in [0.4, 0.5) is 0 Å². The molecule has 1 N–H and O–H groups in total. The number of aliphatic imine (C=N–C) groups is 1. The maximum absolute atomic E-state index is 5.40. The molecule has 1 spiro atoms. The number of hydrogen-bond acceptors (Lipinski definition) is 2. The summed E-state index contributed by atoms with van der Waals surface area (Å²) in [5.74, 6) is 2.12. The Balaban J connectivity index is 1.61. The summed E-state index contributed by atoms with van der Waals surface area (Å²) in [6.07, 6.45) is 9.30. The smallest absolute Gasteiger partial charge is 0.194 e. The van der Waals surface area contributed by atoms with Gasteiger partial charge in [-0.05, 0) is 50.2 Å². The Hall–Kier alpha value is -1.45. The maximum atomic E-state index is 5.40. The summed E-state index contributed by atoms with van der Waals surface area (Å²) in [5.41, 5.74) is 0.610. The summed E-state index contributed by atoms with van der Waals surface area (Å²) in [6.45, 7) is 7.58. The third-order valence-electron chi connectivity index (χ3n) is 5.34. The SMILES string of the molecule is CCC(C)NC(=NCCc1ccco1)N1CCC2(CCC2)C1. The summed E-state index contributed by atoms with van der Waals surface area (Å²) in [4.78, 5) is 7.34. The second kappa shape index (κ2) is 6.76. The quantitative estimate of drug-likeness (QED) is 0.669. The highest BCUT2D eigenvalue weighted by molar-refractivity contribution is 5.80. The van der Waals surface area contributed by atoms with Crippen molar-refractivity contribution in [2.24, 2.45) is 10.4 Å². The van der Waals surface area contributed by atoms with Crippen LogP contribution in [0, 0.1) is 5.41 Å². The minimum absolute atomic E-state index is 0.473. The van der Waals surface area contributed by atoms with Crippen molar-refractivity contribution in [3.05, 3.63) is 24.2 Å². The van der Waals surface area contributed by atoms with E-state index in [2.05, 4.69) is 24.1 Å². The molecular weight excluding hydrogens is 274 g/mol. The van der Waals surface area contributed by atoms with Crippen LogP contribution in [0.25, 0.3) is 0 Å². The summed E-state index contributed by atoms with van der Waals surface area (Å²) >= 11 is 0. The van der Waals surface area contributed by atoms with Gasteiger partial charge >= 0.3 is 0 Å². The van der Waals surface area contributed by atoms with E-state index in [9.17, 15) is 0 Å². The molecule has 0 aromatic carbocycles. The average Bonchev–Trinajstić information content (AvgIpc) is 3.14. The first kappa shape index (κ1) is 15.4. The number of guanidine groups is 1. The molecule has 1 aromatic rings. The second-order valence-corrected chi connectivity index (χ2v) is 7.01. The van der Waals surface area contributed by atoms with Gasteiger partial charge in [0.25, 0.3) is 0 Å². The van der Waals surface area contributed by atoms with E-state index < -0.39 is 0 Å². The van der Waals surface area contributed by atoms with Crippen LogP contribution in [-0.4, -0.2) is 36.5 Å². The van der Waals surface area contributed by atoms with Crippen molar-refractivity contribution in [2.45, 2.75) is 58.4 Å². The monoisotopic (exact) mass is 303 g/mol. The molecule has 3 rings (SSSR count). The lowest BCUT2D eigenvalue weighted by Gasteiger charge is -2.38. The van der Waals surface area contributed by atoms with Gasteiger partial charge in [0, 0.05) is 32.1 Å². The normalized spacial score (nSPS) is 21.9. The molecule has 1 saturated heterocycles. The summed E-state index contributed by atoms with van der Waals surface area (Å²) in [5, 5.41) is 3.62. The fourth-order valence-corrected chi connectivity index (χ4v) is 3.49. The number of hydrogen-bond donors (Lipinski definition) is 1. The third-order valence-corrected chi connectivity index (χ3v) is 5.34. The molecule has 0 radical (unpaired) electrons. The third kappa shape index (κ3) is 3.47. The predicted octanol–water partition coefficient (Wildman–Crippen LogP) is 3.44. The van der Waals surface area contributed by atoms with Crippen molar-refractivity contribution >= 4 is 5.96 Å². The molecule has 1 atom stereocenters. The lowest BCUT2D eigenvalue weighted by atomic mass is 9.68. The van der Waals surface area contributed by atoms with Crippen LogP contribution in [0.5, 0.6) is 0 Å². The molecule has 0 amide bonds. The molecule has 2 aliphatic rings. The summed E-state index contributed by atoms with van der Waals surface area (Å²) < 4.78 is 5.40. The first-order valence-electron chi connectivity index (χ1n) is 8.79. The van der Waals surface area contributed by atoms with Crippen LogP contribution in [-0.2, 0) is 6.42 Å². The molecule has 1 aliphatic heterocycles.